The third-order valence-corrected chi connectivity index (χ3v) is 3.47. The molecule has 0 unspecified atom stereocenters. The van der Waals surface area contributed by atoms with Crippen LogP contribution < -0.4 is 10.5 Å². The summed E-state index contributed by atoms with van der Waals surface area (Å²) in [5, 5.41) is 0. The first-order valence-electron chi connectivity index (χ1n) is 5.47. The highest BCUT2D eigenvalue weighted by atomic mass is 127. The van der Waals surface area contributed by atoms with Crippen molar-refractivity contribution >= 4 is 47.6 Å². The van der Waals surface area contributed by atoms with E-state index in [0.29, 0.717) is 0 Å². The van der Waals surface area contributed by atoms with Crippen LogP contribution in [0, 0.1) is 3.57 Å². The van der Waals surface area contributed by atoms with Gasteiger partial charge in [0, 0.05) is 15.4 Å². The number of hydrogen-bond acceptors (Lipinski definition) is 3. The zero-order chi connectivity index (χ0) is 11.8. The Hall–Kier alpha value is 0.350. The van der Waals surface area contributed by atoms with Gasteiger partial charge in [0.25, 0.3) is 0 Å². The van der Waals surface area contributed by atoms with Gasteiger partial charge in [0.1, 0.15) is 5.75 Å². The van der Waals surface area contributed by atoms with Gasteiger partial charge in [-0.25, -0.2) is 0 Å². The molecule has 2 nitrogen and oxygen atoms in total. The quantitative estimate of drug-likeness (QED) is 0.426. The fraction of sp³-hybridized carbons (Fsp3) is 0.500. The van der Waals surface area contributed by atoms with E-state index in [0.717, 1.165) is 37.4 Å². The van der Waals surface area contributed by atoms with Gasteiger partial charge >= 0.3 is 0 Å². The average Bonchev–Trinajstić information content (AvgIpc) is 2.31. The summed E-state index contributed by atoms with van der Waals surface area (Å²) in [6.45, 7) is 0.764. The van der Waals surface area contributed by atoms with Gasteiger partial charge in [0.05, 0.1) is 6.61 Å². The van der Waals surface area contributed by atoms with Crippen molar-refractivity contribution in [2.45, 2.75) is 25.3 Å². The summed E-state index contributed by atoms with van der Waals surface area (Å²) in [6.07, 6.45) is 3.18. The van der Waals surface area contributed by atoms with Crippen LogP contribution in [0.5, 0.6) is 5.75 Å². The third kappa shape index (κ3) is 8.13. The van der Waals surface area contributed by atoms with Crippen molar-refractivity contribution < 1.29 is 4.74 Å². The number of ether oxygens (including phenoxy) is 1. The van der Waals surface area contributed by atoms with Crippen molar-refractivity contribution in [3.63, 3.8) is 0 Å². The first-order chi connectivity index (χ1) is 7.72. The van der Waals surface area contributed by atoms with E-state index in [-0.39, 0.29) is 18.4 Å². The minimum Gasteiger partial charge on any atom is -0.494 e. The van der Waals surface area contributed by atoms with E-state index in [2.05, 4.69) is 35.2 Å². The Morgan fingerprint density at radius 3 is 2.47 bits per heavy atom. The molecule has 0 aliphatic carbocycles. The summed E-state index contributed by atoms with van der Waals surface area (Å²) < 4.78 is 6.84. The molecule has 17 heavy (non-hydrogen) atoms. The van der Waals surface area contributed by atoms with Crippen LogP contribution in [-0.4, -0.2) is 18.4 Å². The first-order valence-corrected chi connectivity index (χ1v) is 7.18. The van der Waals surface area contributed by atoms with Crippen LogP contribution >= 0.6 is 47.6 Å². The Kier molecular flexibility index (Phi) is 10.5. The lowest BCUT2D eigenvalue weighted by Gasteiger charge is -2.08. The van der Waals surface area contributed by atoms with Gasteiger partial charge < -0.3 is 10.5 Å². The van der Waals surface area contributed by atoms with Crippen LogP contribution in [0.4, 0.5) is 0 Å². The van der Waals surface area contributed by atoms with Crippen molar-refractivity contribution in [2.75, 3.05) is 12.4 Å². The molecule has 1 aromatic carbocycles. The largest absolute Gasteiger partial charge is 0.494 e. The monoisotopic (exact) mass is 387 g/mol. The number of nitrogens with two attached hydrogens (primary N) is 1. The van der Waals surface area contributed by atoms with E-state index in [1.165, 1.54) is 3.57 Å². The topological polar surface area (TPSA) is 35.2 Å². The molecule has 1 rings (SSSR count). The van der Waals surface area contributed by atoms with Gasteiger partial charge in [0.2, 0.25) is 0 Å². The highest BCUT2D eigenvalue weighted by molar-refractivity contribution is 14.1. The molecule has 0 aromatic heterocycles. The summed E-state index contributed by atoms with van der Waals surface area (Å²) in [5.74, 6) is 1.71. The fourth-order valence-corrected chi connectivity index (χ4v) is 1.86. The minimum absolute atomic E-state index is 0. The summed E-state index contributed by atoms with van der Waals surface area (Å²) >= 11 is 6.43. The molecule has 0 spiro atoms. The maximum Gasteiger partial charge on any atom is 0.119 e. The predicted molar refractivity (Wildman–Crippen MR) is 87.6 cm³/mol. The SMILES string of the molecule is Cl.N[C@@H](CS)CCCCOc1ccc(I)cc1. The molecule has 1 aromatic rings. The van der Waals surface area contributed by atoms with Gasteiger partial charge in [-0.2, -0.15) is 12.6 Å². The fourth-order valence-electron chi connectivity index (χ4n) is 1.32. The molecule has 0 saturated carbocycles. The molecule has 0 radical (unpaired) electrons. The van der Waals surface area contributed by atoms with Crippen molar-refractivity contribution in [1.29, 1.82) is 0 Å². The molecule has 0 heterocycles. The molecule has 1 atom stereocenters. The second kappa shape index (κ2) is 10.3. The Balaban J connectivity index is 0.00000256. The zero-order valence-electron chi connectivity index (χ0n) is 9.64. The standard InChI is InChI=1S/C12H18INOS.ClH/c13-10-4-6-12(7-5-10)15-8-2-1-3-11(14)9-16;/h4-7,11,16H,1-3,8-9,14H2;1H/t11-;/m1./s1. The molecule has 0 aliphatic heterocycles. The summed E-state index contributed by atoms with van der Waals surface area (Å²) in [7, 11) is 0. The maximum atomic E-state index is 5.76. The normalized spacial score (nSPS) is 11.7. The lowest BCUT2D eigenvalue weighted by atomic mass is 10.1. The van der Waals surface area contributed by atoms with Crippen LogP contribution in [-0.2, 0) is 0 Å². The number of halogens is 2. The average molecular weight is 388 g/mol. The number of hydrogen-bond donors (Lipinski definition) is 2. The summed E-state index contributed by atoms with van der Waals surface area (Å²) in [5.41, 5.74) is 5.76. The Bertz CT molecular complexity index is 297. The molecule has 0 bridgehead atoms. The Morgan fingerprint density at radius 2 is 1.88 bits per heavy atom. The van der Waals surface area contributed by atoms with Crippen molar-refractivity contribution in [2.24, 2.45) is 5.73 Å². The smallest absolute Gasteiger partial charge is 0.119 e. The van der Waals surface area contributed by atoms with Crippen LogP contribution in [0.15, 0.2) is 24.3 Å². The van der Waals surface area contributed by atoms with E-state index in [1.54, 1.807) is 0 Å². The van der Waals surface area contributed by atoms with Crippen molar-refractivity contribution in [1.82, 2.24) is 0 Å². The highest BCUT2D eigenvalue weighted by Crippen LogP contribution is 2.14. The molecule has 0 fully saturated rings. The lowest BCUT2D eigenvalue weighted by Crippen LogP contribution is -2.21. The summed E-state index contributed by atoms with van der Waals surface area (Å²) in [6, 6.07) is 8.32. The molecule has 0 saturated heterocycles. The van der Waals surface area contributed by atoms with E-state index >= 15 is 0 Å². The van der Waals surface area contributed by atoms with E-state index in [1.807, 2.05) is 24.3 Å². The van der Waals surface area contributed by atoms with Gasteiger partial charge in [-0.15, -0.1) is 12.4 Å². The van der Waals surface area contributed by atoms with Gasteiger partial charge in [-0.3, -0.25) is 0 Å². The molecule has 5 heteroatoms. The Labute approximate surface area is 129 Å². The number of rotatable bonds is 7. The van der Waals surface area contributed by atoms with Crippen LogP contribution in [0.1, 0.15) is 19.3 Å². The van der Waals surface area contributed by atoms with E-state index in [4.69, 9.17) is 10.5 Å². The molecule has 2 N–H and O–H groups in total. The van der Waals surface area contributed by atoms with Gasteiger partial charge in [-0.1, -0.05) is 0 Å². The van der Waals surface area contributed by atoms with E-state index in [9.17, 15) is 0 Å². The lowest BCUT2D eigenvalue weighted by molar-refractivity contribution is 0.304. The second-order valence-corrected chi connectivity index (χ2v) is 5.35. The minimum atomic E-state index is 0. The molecule has 0 aliphatic rings. The number of thiol groups is 1. The van der Waals surface area contributed by atoms with Crippen molar-refractivity contribution in [3.8, 4) is 5.75 Å². The maximum absolute atomic E-state index is 5.76. The van der Waals surface area contributed by atoms with Crippen LogP contribution in [0.25, 0.3) is 0 Å². The van der Waals surface area contributed by atoms with Crippen LogP contribution in [0.3, 0.4) is 0 Å². The molecule has 98 valence electrons. The Morgan fingerprint density at radius 1 is 1.24 bits per heavy atom. The molecular formula is C12H19ClINOS. The number of benzene rings is 1. The predicted octanol–water partition coefficient (Wildman–Crippen LogP) is 3.52. The first kappa shape index (κ1) is 17.4. The second-order valence-electron chi connectivity index (χ2n) is 3.74. The summed E-state index contributed by atoms with van der Waals surface area (Å²) in [4.78, 5) is 0. The molecular weight excluding hydrogens is 369 g/mol. The highest BCUT2D eigenvalue weighted by Gasteiger charge is 1.99. The van der Waals surface area contributed by atoms with Crippen molar-refractivity contribution in [3.05, 3.63) is 27.8 Å². The third-order valence-electron chi connectivity index (χ3n) is 2.29. The van der Waals surface area contributed by atoms with Gasteiger partial charge in [-0.05, 0) is 66.1 Å². The molecule has 0 amide bonds. The van der Waals surface area contributed by atoms with Gasteiger partial charge in [0.15, 0.2) is 0 Å². The zero-order valence-corrected chi connectivity index (χ0v) is 13.5. The van der Waals surface area contributed by atoms with Crippen LogP contribution in [0.2, 0.25) is 0 Å². The van der Waals surface area contributed by atoms with E-state index < -0.39 is 0 Å². The number of unbranched alkanes of at least 4 members (excludes halogenated alkanes) is 1.